The quantitative estimate of drug-likeness (QED) is 0.405. The molecule has 0 aliphatic rings. The summed E-state index contributed by atoms with van der Waals surface area (Å²) >= 11 is 0. The maximum Gasteiger partial charge on any atom is 0.159 e. The number of hydrogen-bond donors (Lipinski definition) is 0. The van der Waals surface area contributed by atoms with E-state index in [2.05, 4.69) is 24.3 Å². The Morgan fingerprint density at radius 2 is 1.41 bits per heavy atom. The van der Waals surface area contributed by atoms with E-state index < -0.39 is 11.6 Å². The topological polar surface area (TPSA) is 9.23 Å². The van der Waals surface area contributed by atoms with Crippen molar-refractivity contribution in [2.75, 3.05) is 13.2 Å². The van der Waals surface area contributed by atoms with Gasteiger partial charge >= 0.3 is 0 Å². The third-order valence-corrected chi connectivity index (χ3v) is 4.63. The molecule has 3 heteroatoms. The Labute approximate surface area is 159 Å². The SMILES string of the molecule is CCOCCCCc1ccc(-c2ccccc2-c2ccc(F)c(F)c2)cc1. The second kappa shape index (κ2) is 9.43. The first-order valence-electron chi connectivity index (χ1n) is 9.40. The lowest BCUT2D eigenvalue weighted by atomic mass is 9.93. The summed E-state index contributed by atoms with van der Waals surface area (Å²) in [5.74, 6) is -1.66. The average Bonchev–Trinajstić information content (AvgIpc) is 2.70. The Kier molecular flexibility index (Phi) is 6.72. The minimum atomic E-state index is -0.829. The summed E-state index contributed by atoms with van der Waals surface area (Å²) in [5.41, 5.74) is 4.92. The molecule has 3 aromatic rings. The van der Waals surface area contributed by atoms with Crippen molar-refractivity contribution in [1.29, 1.82) is 0 Å². The minimum absolute atomic E-state index is 0.671. The van der Waals surface area contributed by atoms with Crippen molar-refractivity contribution >= 4 is 0 Å². The van der Waals surface area contributed by atoms with Crippen molar-refractivity contribution in [3.63, 3.8) is 0 Å². The fourth-order valence-corrected chi connectivity index (χ4v) is 3.18. The van der Waals surface area contributed by atoms with Gasteiger partial charge in [0.1, 0.15) is 0 Å². The zero-order chi connectivity index (χ0) is 19.1. The van der Waals surface area contributed by atoms with Crippen LogP contribution in [0.25, 0.3) is 22.3 Å². The number of rotatable bonds is 8. The maximum absolute atomic E-state index is 13.7. The van der Waals surface area contributed by atoms with E-state index in [1.165, 1.54) is 17.7 Å². The number of benzene rings is 3. The molecule has 0 aromatic heterocycles. The van der Waals surface area contributed by atoms with Crippen LogP contribution in [-0.2, 0) is 11.2 Å². The van der Waals surface area contributed by atoms with Crippen LogP contribution in [0.2, 0.25) is 0 Å². The van der Waals surface area contributed by atoms with Crippen LogP contribution >= 0.6 is 0 Å². The van der Waals surface area contributed by atoms with Gasteiger partial charge in [-0.3, -0.25) is 0 Å². The van der Waals surface area contributed by atoms with Gasteiger partial charge in [0.25, 0.3) is 0 Å². The van der Waals surface area contributed by atoms with E-state index in [-0.39, 0.29) is 0 Å². The highest BCUT2D eigenvalue weighted by atomic mass is 19.2. The predicted molar refractivity (Wildman–Crippen MR) is 107 cm³/mol. The number of halogens is 2. The Balaban J connectivity index is 1.78. The van der Waals surface area contributed by atoms with E-state index in [0.717, 1.165) is 49.2 Å². The fraction of sp³-hybridized carbons (Fsp3) is 0.250. The van der Waals surface area contributed by atoms with Gasteiger partial charge in [-0.25, -0.2) is 8.78 Å². The van der Waals surface area contributed by atoms with Crippen molar-refractivity contribution in [2.45, 2.75) is 26.2 Å². The number of hydrogen-bond acceptors (Lipinski definition) is 1. The molecule has 0 saturated heterocycles. The van der Waals surface area contributed by atoms with Gasteiger partial charge in [-0.1, -0.05) is 54.6 Å². The van der Waals surface area contributed by atoms with Gasteiger partial charge in [0.2, 0.25) is 0 Å². The molecule has 0 heterocycles. The van der Waals surface area contributed by atoms with Crippen molar-refractivity contribution in [1.82, 2.24) is 0 Å². The summed E-state index contributed by atoms with van der Waals surface area (Å²) in [6.45, 7) is 3.60. The lowest BCUT2D eigenvalue weighted by Gasteiger charge is -2.11. The van der Waals surface area contributed by atoms with Crippen LogP contribution in [0.1, 0.15) is 25.3 Å². The van der Waals surface area contributed by atoms with Gasteiger partial charge in [-0.15, -0.1) is 0 Å². The third kappa shape index (κ3) is 5.01. The summed E-state index contributed by atoms with van der Waals surface area (Å²) in [6.07, 6.45) is 3.19. The molecule has 0 atom stereocenters. The van der Waals surface area contributed by atoms with Crippen LogP contribution in [-0.4, -0.2) is 13.2 Å². The first-order valence-corrected chi connectivity index (χ1v) is 9.40. The van der Waals surface area contributed by atoms with E-state index in [0.29, 0.717) is 5.56 Å². The molecule has 0 bridgehead atoms. The number of aryl methyl sites for hydroxylation is 1. The maximum atomic E-state index is 13.7. The summed E-state index contributed by atoms with van der Waals surface area (Å²) in [5, 5.41) is 0. The van der Waals surface area contributed by atoms with Crippen LogP contribution in [0.5, 0.6) is 0 Å². The highest BCUT2D eigenvalue weighted by Gasteiger charge is 2.10. The van der Waals surface area contributed by atoms with Crippen LogP contribution < -0.4 is 0 Å². The number of unbranched alkanes of at least 4 members (excludes halogenated alkanes) is 1. The smallest absolute Gasteiger partial charge is 0.159 e. The minimum Gasteiger partial charge on any atom is -0.382 e. The summed E-state index contributed by atoms with van der Waals surface area (Å²) in [4.78, 5) is 0. The van der Waals surface area contributed by atoms with Crippen molar-refractivity contribution < 1.29 is 13.5 Å². The van der Waals surface area contributed by atoms with E-state index >= 15 is 0 Å². The second-order valence-electron chi connectivity index (χ2n) is 6.53. The molecule has 0 N–H and O–H groups in total. The molecule has 0 aliphatic heterocycles. The number of ether oxygens (including phenoxy) is 1. The van der Waals surface area contributed by atoms with E-state index in [9.17, 15) is 8.78 Å². The van der Waals surface area contributed by atoms with Crippen molar-refractivity contribution in [2.24, 2.45) is 0 Å². The molecule has 1 nitrogen and oxygen atoms in total. The Morgan fingerprint density at radius 1 is 0.741 bits per heavy atom. The van der Waals surface area contributed by atoms with Gasteiger partial charge < -0.3 is 4.74 Å². The highest BCUT2D eigenvalue weighted by Crippen LogP contribution is 2.32. The second-order valence-corrected chi connectivity index (χ2v) is 6.53. The van der Waals surface area contributed by atoms with Crippen LogP contribution in [0.3, 0.4) is 0 Å². The first-order chi connectivity index (χ1) is 13.2. The molecule has 27 heavy (non-hydrogen) atoms. The predicted octanol–water partition coefficient (Wildman–Crippen LogP) is 6.66. The first kappa shape index (κ1) is 19.2. The third-order valence-electron chi connectivity index (χ3n) is 4.63. The molecule has 0 fully saturated rings. The van der Waals surface area contributed by atoms with Crippen LogP contribution in [0.15, 0.2) is 66.7 Å². The van der Waals surface area contributed by atoms with Crippen molar-refractivity contribution in [3.8, 4) is 22.3 Å². The zero-order valence-electron chi connectivity index (χ0n) is 15.6. The molecular formula is C24H24F2O. The Hall–Kier alpha value is -2.52. The zero-order valence-corrected chi connectivity index (χ0v) is 15.6. The Bertz CT molecular complexity index is 872. The van der Waals surface area contributed by atoms with Gasteiger partial charge in [0, 0.05) is 13.2 Å². The van der Waals surface area contributed by atoms with E-state index in [1.807, 2.05) is 31.2 Å². The molecule has 0 aliphatic carbocycles. The lowest BCUT2D eigenvalue weighted by Crippen LogP contribution is -1.95. The van der Waals surface area contributed by atoms with E-state index in [4.69, 9.17) is 4.74 Å². The monoisotopic (exact) mass is 366 g/mol. The van der Waals surface area contributed by atoms with Gasteiger partial charge in [0.05, 0.1) is 0 Å². The molecular weight excluding hydrogens is 342 g/mol. The van der Waals surface area contributed by atoms with Crippen molar-refractivity contribution in [3.05, 3.63) is 83.9 Å². The standard InChI is InChI=1S/C24H24F2O/c1-2-27-16-6-5-7-18-10-12-19(13-11-18)21-8-3-4-9-22(21)20-14-15-23(25)24(26)17-20/h3-4,8-15,17H,2,5-7,16H2,1H3. The van der Waals surface area contributed by atoms with Crippen LogP contribution in [0.4, 0.5) is 8.78 Å². The average molecular weight is 366 g/mol. The van der Waals surface area contributed by atoms with Gasteiger partial charge in [-0.05, 0) is 66.1 Å². The molecule has 140 valence electrons. The molecule has 0 spiro atoms. The van der Waals surface area contributed by atoms with Crippen LogP contribution in [0, 0.1) is 11.6 Å². The molecule has 0 radical (unpaired) electrons. The molecule has 0 amide bonds. The molecule has 3 rings (SSSR count). The summed E-state index contributed by atoms with van der Waals surface area (Å²) < 4.78 is 32.3. The Morgan fingerprint density at radius 3 is 2.07 bits per heavy atom. The summed E-state index contributed by atoms with van der Waals surface area (Å²) in [6, 6.07) is 20.3. The molecule has 3 aromatic carbocycles. The summed E-state index contributed by atoms with van der Waals surface area (Å²) in [7, 11) is 0. The fourth-order valence-electron chi connectivity index (χ4n) is 3.18. The van der Waals surface area contributed by atoms with Gasteiger partial charge in [-0.2, -0.15) is 0 Å². The normalized spacial score (nSPS) is 10.9. The van der Waals surface area contributed by atoms with Gasteiger partial charge in [0.15, 0.2) is 11.6 Å². The highest BCUT2D eigenvalue weighted by molar-refractivity contribution is 5.83. The largest absolute Gasteiger partial charge is 0.382 e. The molecule has 0 unspecified atom stereocenters. The lowest BCUT2D eigenvalue weighted by molar-refractivity contribution is 0.143. The molecule has 0 saturated carbocycles. The van der Waals surface area contributed by atoms with E-state index in [1.54, 1.807) is 6.07 Å².